The summed E-state index contributed by atoms with van der Waals surface area (Å²) in [4.78, 5) is 8.79. The van der Waals surface area contributed by atoms with Gasteiger partial charge in [-0.1, -0.05) is 6.07 Å². The second kappa shape index (κ2) is 14.0. The molecule has 172 valence electrons. The summed E-state index contributed by atoms with van der Waals surface area (Å²) in [5, 5.41) is 6.62. The number of anilines is 1. The molecule has 0 saturated carbocycles. The van der Waals surface area contributed by atoms with Crippen molar-refractivity contribution in [2.75, 3.05) is 51.3 Å². The van der Waals surface area contributed by atoms with Gasteiger partial charge in [0.05, 0.1) is 18.9 Å². The minimum absolute atomic E-state index is 0. The maximum Gasteiger partial charge on any atom is 0.191 e. The Morgan fingerprint density at radius 2 is 1.83 bits per heavy atom. The molecule has 2 rings (SSSR count). The van der Waals surface area contributed by atoms with Gasteiger partial charge in [-0.05, 0) is 51.8 Å². The number of ether oxygens (including phenoxy) is 1. The van der Waals surface area contributed by atoms with Crippen molar-refractivity contribution in [1.82, 2.24) is 15.5 Å². The van der Waals surface area contributed by atoms with Crippen molar-refractivity contribution < 1.29 is 9.13 Å². The molecule has 0 spiro atoms. The zero-order valence-electron chi connectivity index (χ0n) is 19.1. The highest BCUT2D eigenvalue weighted by atomic mass is 127. The van der Waals surface area contributed by atoms with Gasteiger partial charge >= 0.3 is 0 Å². The van der Waals surface area contributed by atoms with Gasteiger partial charge in [0.1, 0.15) is 5.82 Å². The molecular formula is C22H39FIN5O. The summed E-state index contributed by atoms with van der Waals surface area (Å²) >= 11 is 0. The number of rotatable bonds is 9. The summed E-state index contributed by atoms with van der Waals surface area (Å²) in [7, 11) is 1.76. The number of nitrogens with one attached hydrogen (secondary N) is 2. The molecule has 1 aliphatic heterocycles. The van der Waals surface area contributed by atoms with E-state index >= 15 is 0 Å². The van der Waals surface area contributed by atoms with Crippen LogP contribution < -0.4 is 15.5 Å². The van der Waals surface area contributed by atoms with Crippen molar-refractivity contribution >= 4 is 35.6 Å². The predicted molar refractivity (Wildman–Crippen MR) is 135 cm³/mol. The molecule has 0 atom stereocenters. The van der Waals surface area contributed by atoms with Gasteiger partial charge < -0.3 is 20.3 Å². The van der Waals surface area contributed by atoms with E-state index in [1.165, 1.54) is 0 Å². The zero-order valence-corrected chi connectivity index (χ0v) is 21.4. The molecule has 1 aliphatic rings. The van der Waals surface area contributed by atoms with E-state index in [2.05, 4.69) is 48.2 Å². The lowest BCUT2D eigenvalue weighted by Crippen LogP contribution is -2.41. The quantitative estimate of drug-likeness (QED) is 0.220. The largest absolute Gasteiger partial charge is 0.378 e. The Morgan fingerprint density at radius 3 is 2.40 bits per heavy atom. The molecule has 1 aromatic rings. The molecule has 1 saturated heterocycles. The molecule has 1 heterocycles. The molecule has 8 heteroatoms. The van der Waals surface area contributed by atoms with Crippen LogP contribution in [0.5, 0.6) is 0 Å². The third-order valence-corrected chi connectivity index (χ3v) is 5.26. The summed E-state index contributed by atoms with van der Waals surface area (Å²) < 4.78 is 19.9. The van der Waals surface area contributed by atoms with Gasteiger partial charge in [-0.25, -0.2) is 4.39 Å². The number of aliphatic imine (C=N–C) groups is 1. The minimum Gasteiger partial charge on any atom is -0.378 e. The number of morpholine rings is 1. The van der Waals surface area contributed by atoms with Crippen molar-refractivity contribution in [2.24, 2.45) is 4.99 Å². The lowest BCUT2D eigenvalue weighted by atomic mass is 10.1. The smallest absolute Gasteiger partial charge is 0.191 e. The number of guanidine groups is 1. The molecular weight excluding hydrogens is 496 g/mol. The Labute approximate surface area is 198 Å². The van der Waals surface area contributed by atoms with Crippen molar-refractivity contribution in [3.63, 3.8) is 0 Å². The molecule has 0 aliphatic carbocycles. The van der Waals surface area contributed by atoms with Crippen LogP contribution in [0.25, 0.3) is 0 Å². The topological polar surface area (TPSA) is 52.1 Å². The van der Waals surface area contributed by atoms with Gasteiger partial charge in [-0.3, -0.25) is 9.89 Å². The first kappa shape index (κ1) is 26.9. The normalized spacial score (nSPS) is 15.0. The number of benzene rings is 1. The van der Waals surface area contributed by atoms with Crippen molar-refractivity contribution in [3.8, 4) is 0 Å². The fraction of sp³-hybridized carbons (Fsp3) is 0.682. The Bertz CT molecular complexity index is 642. The van der Waals surface area contributed by atoms with E-state index in [9.17, 15) is 4.39 Å². The summed E-state index contributed by atoms with van der Waals surface area (Å²) in [5.41, 5.74) is 1.55. The third-order valence-electron chi connectivity index (χ3n) is 5.26. The highest BCUT2D eigenvalue weighted by Gasteiger charge is 2.15. The lowest BCUT2D eigenvalue weighted by molar-refractivity contribution is 0.122. The summed E-state index contributed by atoms with van der Waals surface area (Å²) in [5.74, 6) is 0.555. The van der Waals surface area contributed by atoms with Crippen LogP contribution in [-0.2, 0) is 11.3 Å². The van der Waals surface area contributed by atoms with Gasteiger partial charge in [0.15, 0.2) is 5.96 Å². The van der Waals surface area contributed by atoms with Gasteiger partial charge in [-0.15, -0.1) is 24.0 Å². The van der Waals surface area contributed by atoms with Gasteiger partial charge in [0.25, 0.3) is 0 Å². The van der Waals surface area contributed by atoms with Gasteiger partial charge in [-0.2, -0.15) is 0 Å². The van der Waals surface area contributed by atoms with Crippen molar-refractivity contribution in [2.45, 2.75) is 52.7 Å². The molecule has 1 aromatic carbocycles. The summed E-state index contributed by atoms with van der Waals surface area (Å²) in [6.07, 6.45) is 1.04. The Balaban J connectivity index is 0.00000450. The van der Waals surface area contributed by atoms with Crippen LogP contribution in [0.1, 0.15) is 39.7 Å². The monoisotopic (exact) mass is 535 g/mol. The van der Waals surface area contributed by atoms with E-state index in [-0.39, 0.29) is 29.8 Å². The standard InChI is InChI=1S/C22H38FN5O.HI/c1-17(2)28(18(3)4)10-6-9-25-22(24-5)26-16-19-7-8-21(20(23)15-19)27-11-13-29-14-12-27;/h7-8,15,17-18H,6,9-14,16H2,1-5H3,(H2,24,25,26);1H. The van der Waals surface area contributed by atoms with Gasteiger partial charge in [0.2, 0.25) is 0 Å². The second-order valence-corrected chi connectivity index (χ2v) is 8.02. The van der Waals surface area contributed by atoms with E-state index in [1.54, 1.807) is 13.1 Å². The van der Waals surface area contributed by atoms with Crippen molar-refractivity contribution in [1.29, 1.82) is 0 Å². The molecule has 0 unspecified atom stereocenters. The Morgan fingerprint density at radius 1 is 1.17 bits per heavy atom. The van der Waals surface area contributed by atoms with Crippen LogP contribution in [0.2, 0.25) is 0 Å². The fourth-order valence-electron chi connectivity index (χ4n) is 3.71. The van der Waals surface area contributed by atoms with Crippen LogP contribution in [0.15, 0.2) is 23.2 Å². The number of nitrogens with zero attached hydrogens (tertiary/aromatic N) is 3. The molecule has 6 nitrogen and oxygen atoms in total. The molecule has 0 amide bonds. The Kier molecular flexibility index (Phi) is 12.6. The predicted octanol–water partition coefficient (Wildman–Crippen LogP) is 3.45. The first-order chi connectivity index (χ1) is 13.9. The van der Waals surface area contributed by atoms with Crippen LogP contribution in [0.4, 0.5) is 10.1 Å². The minimum atomic E-state index is -0.184. The average molecular weight is 535 g/mol. The first-order valence-electron chi connectivity index (χ1n) is 10.7. The lowest BCUT2D eigenvalue weighted by Gasteiger charge is -2.30. The highest BCUT2D eigenvalue weighted by Crippen LogP contribution is 2.21. The third kappa shape index (κ3) is 8.55. The zero-order chi connectivity index (χ0) is 21.2. The maximum absolute atomic E-state index is 14.5. The van der Waals surface area contributed by atoms with E-state index in [4.69, 9.17) is 4.74 Å². The summed E-state index contributed by atoms with van der Waals surface area (Å²) in [6.45, 7) is 14.1. The van der Waals surface area contributed by atoms with E-state index in [1.807, 2.05) is 17.0 Å². The van der Waals surface area contributed by atoms with Crippen LogP contribution in [-0.4, -0.2) is 69.4 Å². The number of halogens is 2. The van der Waals surface area contributed by atoms with Crippen LogP contribution >= 0.6 is 24.0 Å². The molecule has 2 N–H and O–H groups in total. The van der Waals surface area contributed by atoms with Crippen molar-refractivity contribution in [3.05, 3.63) is 29.6 Å². The highest BCUT2D eigenvalue weighted by molar-refractivity contribution is 14.0. The van der Waals surface area contributed by atoms with E-state index in [0.29, 0.717) is 37.5 Å². The van der Waals surface area contributed by atoms with E-state index in [0.717, 1.165) is 44.1 Å². The summed E-state index contributed by atoms with van der Waals surface area (Å²) in [6, 6.07) is 6.52. The fourth-order valence-corrected chi connectivity index (χ4v) is 3.71. The van der Waals surface area contributed by atoms with Crippen LogP contribution in [0.3, 0.4) is 0 Å². The maximum atomic E-state index is 14.5. The van der Waals surface area contributed by atoms with Gasteiger partial charge in [0, 0.05) is 51.9 Å². The molecule has 30 heavy (non-hydrogen) atoms. The number of hydrogen-bond donors (Lipinski definition) is 2. The second-order valence-electron chi connectivity index (χ2n) is 8.02. The van der Waals surface area contributed by atoms with E-state index < -0.39 is 0 Å². The SMILES string of the molecule is CN=C(NCCCN(C(C)C)C(C)C)NCc1ccc(N2CCOCC2)c(F)c1.I. The molecule has 1 fully saturated rings. The molecule has 0 radical (unpaired) electrons. The Hall–Kier alpha value is -1.13. The average Bonchev–Trinajstić information content (AvgIpc) is 2.70. The molecule has 0 aromatic heterocycles. The molecule has 0 bridgehead atoms. The number of hydrogen-bond acceptors (Lipinski definition) is 4. The first-order valence-corrected chi connectivity index (χ1v) is 10.7. The van der Waals surface area contributed by atoms with Crippen LogP contribution in [0, 0.1) is 5.82 Å².